The van der Waals surface area contributed by atoms with Crippen LogP contribution in [0.25, 0.3) is 16.8 Å². The summed E-state index contributed by atoms with van der Waals surface area (Å²) in [6.07, 6.45) is 9.03. The first-order chi connectivity index (χ1) is 19.6. The molecule has 0 saturated carbocycles. The Morgan fingerprint density at radius 1 is 1.02 bits per heavy atom. The second kappa shape index (κ2) is 12.5. The Bertz CT molecular complexity index is 1520. The van der Waals surface area contributed by atoms with Gasteiger partial charge in [-0.3, -0.25) is 9.48 Å². The van der Waals surface area contributed by atoms with Crippen LogP contribution in [0, 0.1) is 0 Å². The summed E-state index contributed by atoms with van der Waals surface area (Å²) in [4.78, 5) is 20.2. The number of nitrogens with zero attached hydrogens (tertiary/aromatic N) is 6. The monoisotopic (exact) mass is 535 g/mol. The number of pyridine rings is 1. The Hall–Kier alpha value is -4.59. The van der Waals surface area contributed by atoms with Crippen LogP contribution in [0.2, 0.25) is 0 Å². The van der Waals surface area contributed by atoms with Crippen LogP contribution in [0.5, 0.6) is 0 Å². The zero-order valence-electron chi connectivity index (χ0n) is 23.4. The molecule has 1 aliphatic rings. The first-order valence-corrected chi connectivity index (χ1v) is 13.7. The van der Waals surface area contributed by atoms with Gasteiger partial charge in [0.25, 0.3) is 0 Å². The molecule has 1 aliphatic heterocycles. The highest BCUT2D eigenvalue weighted by atomic mass is 16.1. The number of aromatic nitrogens is 4. The number of hydrogen-bond acceptors (Lipinski definition) is 5. The number of piperidine rings is 1. The van der Waals surface area contributed by atoms with Crippen LogP contribution in [-0.4, -0.2) is 64.7 Å². The maximum atomic E-state index is 11.3. The normalized spacial score (nSPS) is 14.9. The first kappa shape index (κ1) is 27.0. The minimum absolute atomic E-state index is 0.247. The van der Waals surface area contributed by atoms with Gasteiger partial charge in [-0.25, -0.2) is 4.98 Å². The minimum atomic E-state index is 0.247. The van der Waals surface area contributed by atoms with Crippen molar-refractivity contribution in [3.05, 3.63) is 103 Å². The molecule has 0 spiro atoms. The smallest absolute Gasteiger partial charge is 0.209 e. The zero-order valence-corrected chi connectivity index (χ0v) is 23.4. The Labute approximate surface area is 235 Å². The summed E-state index contributed by atoms with van der Waals surface area (Å²) in [6.45, 7) is 2.29. The van der Waals surface area contributed by atoms with E-state index in [4.69, 9.17) is 4.98 Å². The molecule has 0 radical (unpaired) electrons. The summed E-state index contributed by atoms with van der Waals surface area (Å²) in [5, 5.41) is 7.63. The molecular formula is C32H37N7O. The van der Waals surface area contributed by atoms with Gasteiger partial charge < -0.3 is 19.5 Å². The van der Waals surface area contributed by atoms with Gasteiger partial charge in [0, 0.05) is 69.5 Å². The molecule has 4 heterocycles. The van der Waals surface area contributed by atoms with Crippen molar-refractivity contribution in [3.63, 3.8) is 0 Å². The lowest BCUT2D eigenvalue weighted by Gasteiger charge is -2.29. The van der Waals surface area contributed by atoms with Gasteiger partial charge in [-0.2, -0.15) is 5.10 Å². The topological polar surface area (TPSA) is 70.7 Å². The van der Waals surface area contributed by atoms with Gasteiger partial charge in [0.2, 0.25) is 6.41 Å². The van der Waals surface area contributed by atoms with E-state index < -0.39 is 0 Å². The summed E-state index contributed by atoms with van der Waals surface area (Å²) < 4.78 is 4.12. The third-order valence-electron chi connectivity index (χ3n) is 7.31. The molecule has 8 heteroatoms. The Morgan fingerprint density at radius 3 is 2.52 bits per heavy atom. The van der Waals surface area contributed by atoms with Gasteiger partial charge in [0.1, 0.15) is 5.82 Å². The fraction of sp³-hybridized carbons (Fsp3) is 0.281. The highest BCUT2D eigenvalue weighted by Gasteiger charge is 2.26. The van der Waals surface area contributed by atoms with E-state index in [9.17, 15) is 4.79 Å². The fourth-order valence-electron chi connectivity index (χ4n) is 5.14. The van der Waals surface area contributed by atoms with Gasteiger partial charge in [0.15, 0.2) is 0 Å². The Kier molecular flexibility index (Phi) is 8.44. The standard InChI is InChI=1S/C23H23N5O.C9H14N2/c29-17-26-11-6-9-19(15-26)23-25-22(21-10-4-5-12-28(21)23)20-13-24-27(16-20)14-18-7-2-1-3-8-18;1-10-8-4-6-9(7-5-8)11(2)3/h1-5,7-8,10,12-13,16-17,19H,6,9,11,14-15H2;4-7,10H,1-3H3. The molecule has 3 aromatic heterocycles. The predicted octanol–water partition coefficient (Wildman–Crippen LogP) is 5.38. The second-order valence-electron chi connectivity index (χ2n) is 10.3. The van der Waals surface area contributed by atoms with Crippen LogP contribution < -0.4 is 10.2 Å². The molecule has 0 bridgehead atoms. The van der Waals surface area contributed by atoms with Crippen LogP contribution >= 0.6 is 0 Å². The van der Waals surface area contributed by atoms with Crippen LogP contribution in [0.3, 0.4) is 0 Å². The van der Waals surface area contributed by atoms with E-state index in [0.717, 1.165) is 67.2 Å². The summed E-state index contributed by atoms with van der Waals surface area (Å²) in [5.41, 5.74) is 6.63. The van der Waals surface area contributed by atoms with Crippen molar-refractivity contribution >= 4 is 23.3 Å². The molecule has 6 rings (SSSR count). The lowest BCUT2D eigenvalue weighted by Crippen LogP contribution is -2.33. The molecule has 1 atom stereocenters. The van der Waals surface area contributed by atoms with E-state index in [1.54, 1.807) is 0 Å². The van der Waals surface area contributed by atoms with Gasteiger partial charge in [0.05, 0.1) is 24.0 Å². The van der Waals surface area contributed by atoms with E-state index in [2.05, 4.69) is 74.6 Å². The first-order valence-electron chi connectivity index (χ1n) is 13.7. The van der Waals surface area contributed by atoms with E-state index in [1.165, 1.54) is 11.3 Å². The molecule has 1 fully saturated rings. The second-order valence-corrected chi connectivity index (χ2v) is 10.3. The SMILES string of the molecule is CNc1ccc(N(C)C)cc1.O=CN1CCCC(c2nc(-c3cnn(Cc4ccccc4)c3)c3ccccn23)C1. The largest absolute Gasteiger partial charge is 0.388 e. The van der Waals surface area contributed by atoms with Crippen molar-refractivity contribution in [3.8, 4) is 11.3 Å². The summed E-state index contributed by atoms with van der Waals surface area (Å²) in [6, 6.07) is 24.8. The molecule has 206 valence electrons. The maximum absolute atomic E-state index is 11.3. The number of rotatable bonds is 7. The lowest BCUT2D eigenvalue weighted by atomic mass is 9.98. The Balaban J connectivity index is 0.000000248. The number of amides is 1. The molecule has 2 aromatic carbocycles. The number of benzene rings is 2. The molecule has 8 nitrogen and oxygen atoms in total. The summed E-state index contributed by atoms with van der Waals surface area (Å²) in [5.74, 6) is 1.27. The van der Waals surface area contributed by atoms with Crippen LogP contribution in [0.4, 0.5) is 11.4 Å². The van der Waals surface area contributed by atoms with Crippen LogP contribution in [-0.2, 0) is 11.3 Å². The average Bonchev–Trinajstić information content (AvgIpc) is 3.63. The summed E-state index contributed by atoms with van der Waals surface area (Å²) >= 11 is 0. The third kappa shape index (κ3) is 6.17. The number of hydrogen-bond donors (Lipinski definition) is 1. The molecule has 1 N–H and O–H groups in total. The average molecular weight is 536 g/mol. The molecule has 40 heavy (non-hydrogen) atoms. The van der Waals surface area contributed by atoms with E-state index in [0.29, 0.717) is 0 Å². The van der Waals surface area contributed by atoms with E-state index in [1.807, 2.05) is 67.3 Å². The quantitative estimate of drug-likeness (QED) is 0.284. The van der Waals surface area contributed by atoms with Crippen molar-refractivity contribution in [1.29, 1.82) is 0 Å². The van der Waals surface area contributed by atoms with E-state index in [-0.39, 0.29) is 5.92 Å². The number of fused-ring (bicyclic) bond motifs is 1. The van der Waals surface area contributed by atoms with Gasteiger partial charge in [-0.1, -0.05) is 36.4 Å². The molecular weight excluding hydrogens is 498 g/mol. The van der Waals surface area contributed by atoms with Crippen molar-refractivity contribution < 1.29 is 4.79 Å². The number of carbonyl (C=O) groups excluding carboxylic acids is 1. The van der Waals surface area contributed by atoms with Crippen molar-refractivity contribution in [1.82, 2.24) is 24.1 Å². The van der Waals surface area contributed by atoms with E-state index >= 15 is 0 Å². The number of carbonyl (C=O) groups is 1. The number of nitrogens with one attached hydrogen (secondary N) is 1. The molecule has 0 aliphatic carbocycles. The molecule has 5 aromatic rings. The van der Waals surface area contributed by atoms with Crippen molar-refractivity contribution in [2.75, 3.05) is 44.4 Å². The maximum Gasteiger partial charge on any atom is 0.209 e. The fourth-order valence-corrected chi connectivity index (χ4v) is 5.14. The number of likely N-dealkylation sites (tertiary alicyclic amines) is 1. The molecule has 1 saturated heterocycles. The van der Waals surface area contributed by atoms with Gasteiger partial charge in [-0.15, -0.1) is 0 Å². The zero-order chi connectivity index (χ0) is 27.9. The molecule has 1 unspecified atom stereocenters. The minimum Gasteiger partial charge on any atom is -0.388 e. The highest BCUT2D eigenvalue weighted by molar-refractivity contribution is 5.77. The van der Waals surface area contributed by atoms with Gasteiger partial charge in [-0.05, 0) is 54.8 Å². The predicted molar refractivity (Wildman–Crippen MR) is 162 cm³/mol. The number of imidazole rings is 1. The summed E-state index contributed by atoms with van der Waals surface area (Å²) in [7, 11) is 5.99. The van der Waals surface area contributed by atoms with Crippen LogP contribution in [0.1, 0.15) is 30.1 Å². The highest BCUT2D eigenvalue weighted by Crippen LogP contribution is 2.31. The van der Waals surface area contributed by atoms with Crippen molar-refractivity contribution in [2.45, 2.75) is 25.3 Å². The Morgan fingerprint density at radius 2 is 1.80 bits per heavy atom. The van der Waals surface area contributed by atoms with Gasteiger partial charge >= 0.3 is 0 Å². The third-order valence-corrected chi connectivity index (χ3v) is 7.31. The van der Waals surface area contributed by atoms with Crippen LogP contribution in [0.15, 0.2) is 91.4 Å². The number of anilines is 2. The lowest BCUT2D eigenvalue weighted by molar-refractivity contribution is -0.119. The molecule has 1 amide bonds. The van der Waals surface area contributed by atoms with Crippen molar-refractivity contribution in [2.24, 2.45) is 0 Å².